The highest BCUT2D eigenvalue weighted by Crippen LogP contribution is 2.42. The molecule has 7 nitrogen and oxygen atoms in total. The van der Waals surface area contributed by atoms with Crippen LogP contribution < -0.4 is 21.3 Å². The average Bonchev–Trinajstić information content (AvgIpc) is 3.65. The Bertz CT molecular complexity index is 1930. The largest absolute Gasteiger partial charge is 0.364 e. The third kappa shape index (κ3) is 11.3. The Labute approximate surface area is 384 Å². The molecule has 346 valence electrons. The molecule has 2 aromatic rings. The highest BCUT2D eigenvalue weighted by atomic mass is 15.7. The first kappa shape index (κ1) is 48.6. The second-order valence-electron chi connectivity index (χ2n) is 21.5. The fourth-order valence-corrected chi connectivity index (χ4v) is 11.4. The first-order valence-corrected chi connectivity index (χ1v) is 25.3. The third-order valence-electron chi connectivity index (χ3n) is 15.2. The lowest BCUT2D eigenvalue weighted by Gasteiger charge is -2.34. The van der Waals surface area contributed by atoms with Crippen molar-refractivity contribution >= 4 is 28.5 Å². The van der Waals surface area contributed by atoms with Gasteiger partial charge in [0.05, 0.1) is 17.9 Å². The van der Waals surface area contributed by atoms with Gasteiger partial charge in [0.25, 0.3) is 0 Å². The van der Waals surface area contributed by atoms with Gasteiger partial charge in [-0.05, 0) is 133 Å². The highest BCUT2D eigenvalue weighted by Gasteiger charge is 2.34. The third-order valence-corrected chi connectivity index (χ3v) is 15.2. The van der Waals surface area contributed by atoms with Crippen molar-refractivity contribution in [2.75, 3.05) is 11.4 Å². The van der Waals surface area contributed by atoms with E-state index in [-0.39, 0.29) is 0 Å². The molecule has 2 saturated carbocycles. The lowest BCUT2D eigenvalue weighted by Crippen LogP contribution is -2.41. The maximum atomic E-state index is 4.88. The standard InChI is InChI=1S/C21H26N4.C18H31N.C17H30N2/c1-14(2)24-13-16-9-5-6-10-17(16)21-20(22-23-25(21)15(3)4)18-11-7-8-12-19(18)24;1-12(2)15-7-6-8-17-16(10-9-15)14(5)11-19-18(17)13(3)4;1-11(2)14-7-6-8-16-15(10-9-14)13(5)18-19-17(16)12(3)4/h5-12,14-15,22-23H,13H2,1-4H3;12-13,15,17H,6-11H2,1-5H3;11-12,14,16,18H,6-10H2,1-5H3. The molecule has 63 heavy (non-hydrogen) atoms. The number of hydrogen-bond donors (Lipinski definition) is 3. The predicted molar refractivity (Wildman–Crippen MR) is 272 cm³/mol. The van der Waals surface area contributed by atoms with Crippen LogP contribution >= 0.6 is 0 Å². The number of hydrazine groups is 2. The molecule has 7 heteroatoms. The summed E-state index contributed by atoms with van der Waals surface area (Å²) in [5.74, 6) is 5.99. The number of nitrogens with zero attached hydrogens (tertiary/aromatic N) is 4. The van der Waals surface area contributed by atoms with Gasteiger partial charge in [-0.2, -0.15) is 5.10 Å². The van der Waals surface area contributed by atoms with Crippen LogP contribution in [0.25, 0.3) is 11.4 Å². The van der Waals surface area contributed by atoms with Crippen molar-refractivity contribution in [1.29, 1.82) is 0 Å². The van der Waals surface area contributed by atoms with Gasteiger partial charge < -0.3 is 10.3 Å². The zero-order valence-electron chi connectivity index (χ0n) is 42.2. The molecule has 4 heterocycles. The Morgan fingerprint density at radius 3 is 1.78 bits per heavy atom. The molecule has 6 aliphatic rings. The van der Waals surface area contributed by atoms with E-state index in [4.69, 9.17) is 4.99 Å². The van der Waals surface area contributed by atoms with E-state index in [0.717, 1.165) is 42.5 Å². The summed E-state index contributed by atoms with van der Waals surface area (Å²) in [6.07, 6.45) is 13.5. The summed E-state index contributed by atoms with van der Waals surface area (Å²) >= 11 is 0. The summed E-state index contributed by atoms with van der Waals surface area (Å²) in [4.78, 5) is 7.36. The first-order chi connectivity index (χ1) is 30.1. The van der Waals surface area contributed by atoms with Gasteiger partial charge in [-0.25, -0.2) is 0 Å². The van der Waals surface area contributed by atoms with Gasteiger partial charge in [0.2, 0.25) is 0 Å². The van der Waals surface area contributed by atoms with Gasteiger partial charge >= 0.3 is 0 Å². The van der Waals surface area contributed by atoms with Crippen LogP contribution in [0.15, 0.2) is 81.0 Å². The van der Waals surface area contributed by atoms with E-state index in [1.165, 1.54) is 109 Å². The van der Waals surface area contributed by atoms with E-state index >= 15 is 0 Å². The number of fused-ring (bicyclic) bond motifs is 6. The summed E-state index contributed by atoms with van der Waals surface area (Å²) in [7, 11) is 0. The zero-order valence-corrected chi connectivity index (χ0v) is 42.2. The minimum atomic E-state index is 0.348. The zero-order chi connectivity index (χ0) is 45.5. The first-order valence-electron chi connectivity index (χ1n) is 25.3. The molecule has 0 aromatic heterocycles. The van der Waals surface area contributed by atoms with Crippen molar-refractivity contribution in [3.8, 4) is 0 Å². The van der Waals surface area contributed by atoms with Crippen molar-refractivity contribution < 1.29 is 0 Å². The summed E-state index contributed by atoms with van der Waals surface area (Å²) in [6.45, 7) is 34.0. The monoisotopic (exact) mass is 858 g/mol. The van der Waals surface area contributed by atoms with Crippen LogP contribution in [0.4, 0.5) is 5.69 Å². The summed E-state index contributed by atoms with van der Waals surface area (Å²) in [5.41, 5.74) is 26.8. The average molecular weight is 858 g/mol. The Hall–Kier alpha value is -3.84. The van der Waals surface area contributed by atoms with Crippen molar-refractivity contribution in [2.24, 2.45) is 57.4 Å². The molecular weight excluding hydrogens is 771 g/mol. The second kappa shape index (κ2) is 21.9. The molecule has 2 aromatic carbocycles. The number of allylic oxidation sites excluding steroid dienone is 3. The number of dihydropyridines is 1. The predicted octanol–water partition coefficient (Wildman–Crippen LogP) is 14.0. The lowest BCUT2D eigenvalue weighted by atomic mass is 9.73. The van der Waals surface area contributed by atoms with E-state index in [0.29, 0.717) is 35.8 Å². The number of anilines is 1. The van der Waals surface area contributed by atoms with E-state index in [1.807, 2.05) is 0 Å². The molecule has 0 bridgehead atoms. The molecule has 4 unspecified atom stereocenters. The summed E-state index contributed by atoms with van der Waals surface area (Å²) in [6, 6.07) is 18.2. The van der Waals surface area contributed by atoms with Gasteiger partial charge in [0.1, 0.15) is 0 Å². The van der Waals surface area contributed by atoms with Crippen LogP contribution in [0.1, 0.15) is 178 Å². The number of benzene rings is 2. The second-order valence-corrected chi connectivity index (χ2v) is 21.5. The van der Waals surface area contributed by atoms with Gasteiger partial charge in [0.15, 0.2) is 0 Å². The SMILES string of the molecule is CC(C)N1NNC2=C1c1ccccc1CN(C(C)C)c1ccccc12.CC1=C2CCC(C(C)C)CCCC2C(C(C)C)=NC1.CC1=C2CCC(C(C)C)CCCC2C(C(C)C)=NN1. The van der Waals surface area contributed by atoms with E-state index in [1.54, 1.807) is 16.7 Å². The van der Waals surface area contributed by atoms with E-state index < -0.39 is 0 Å². The molecule has 2 aliphatic carbocycles. The fourth-order valence-electron chi connectivity index (χ4n) is 11.4. The van der Waals surface area contributed by atoms with Crippen LogP contribution in [0, 0.1) is 47.3 Å². The summed E-state index contributed by atoms with van der Waals surface area (Å²) in [5, 5.41) is 6.86. The van der Waals surface area contributed by atoms with Crippen LogP contribution in [0.5, 0.6) is 0 Å². The summed E-state index contributed by atoms with van der Waals surface area (Å²) < 4.78 is 0. The van der Waals surface area contributed by atoms with Crippen LogP contribution in [0.2, 0.25) is 0 Å². The number of aliphatic imine (C=N–C) groups is 1. The molecule has 0 saturated heterocycles. The maximum absolute atomic E-state index is 4.88. The molecule has 8 rings (SSSR count). The smallest absolute Gasteiger partial charge is 0.0868 e. The van der Waals surface area contributed by atoms with Gasteiger partial charge in [-0.15, -0.1) is 5.53 Å². The maximum Gasteiger partial charge on any atom is 0.0868 e. The molecular formula is C56H87N7. The number of rotatable bonds is 6. The number of hydrogen-bond acceptors (Lipinski definition) is 7. The fraction of sp³-hybridized carbons (Fsp3) is 0.643. The van der Waals surface area contributed by atoms with Gasteiger partial charge in [-0.1, -0.05) is 135 Å². The van der Waals surface area contributed by atoms with Gasteiger partial charge in [-0.3, -0.25) is 15.4 Å². The topological polar surface area (TPSA) is 67.3 Å². The number of nitrogens with one attached hydrogen (secondary N) is 3. The highest BCUT2D eigenvalue weighted by molar-refractivity contribution is 5.96. The Balaban J connectivity index is 0.000000160. The number of hydrazone groups is 1. The minimum Gasteiger partial charge on any atom is -0.364 e. The molecule has 0 amide bonds. The van der Waals surface area contributed by atoms with Gasteiger partial charge in [0, 0.05) is 64.4 Å². The quantitative estimate of drug-likeness (QED) is 0.253. The molecule has 3 N–H and O–H groups in total. The van der Waals surface area contributed by atoms with Crippen molar-refractivity contribution in [3.63, 3.8) is 0 Å². The van der Waals surface area contributed by atoms with Crippen LogP contribution in [-0.2, 0) is 6.54 Å². The van der Waals surface area contributed by atoms with E-state index in [9.17, 15) is 0 Å². The molecule has 4 aliphatic heterocycles. The Morgan fingerprint density at radius 2 is 1.19 bits per heavy atom. The van der Waals surface area contributed by atoms with Crippen LogP contribution in [-0.4, -0.2) is 35.1 Å². The van der Waals surface area contributed by atoms with Crippen molar-refractivity contribution in [3.05, 3.63) is 87.6 Å². The lowest BCUT2D eigenvalue weighted by molar-refractivity contribution is 0.237. The number of para-hydroxylation sites is 1. The molecule has 4 atom stereocenters. The molecule has 0 spiro atoms. The minimum absolute atomic E-state index is 0.348. The molecule has 2 fully saturated rings. The Morgan fingerprint density at radius 1 is 0.619 bits per heavy atom. The van der Waals surface area contributed by atoms with Crippen molar-refractivity contribution in [1.82, 2.24) is 21.4 Å². The van der Waals surface area contributed by atoms with Crippen LogP contribution in [0.3, 0.4) is 0 Å². The normalized spacial score (nSPS) is 23.9. The van der Waals surface area contributed by atoms with Crippen molar-refractivity contribution in [2.45, 2.75) is 180 Å². The van der Waals surface area contributed by atoms with E-state index in [2.05, 4.69) is 177 Å². The molecule has 0 radical (unpaired) electrons. The Kier molecular flexibility index (Phi) is 16.9.